The quantitative estimate of drug-likeness (QED) is 0.820. The van der Waals surface area contributed by atoms with E-state index in [1.165, 1.54) is 4.90 Å². The van der Waals surface area contributed by atoms with Gasteiger partial charge in [0.2, 0.25) is 0 Å². The largest absolute Gasteiger partial charge is 0.392 e. The first-order chi connectivity index (χ1) is 8.43. The van der Waals surface area contributed by atoms with E-state index in [0.717, 1.165) is 18.5 Å². The van der Waals surface area contributed by atoms with Crippen molar-refractivity contribution < 1.29 is 9.90 Å². The molecule has 1 heterocycles. The molecule has 3 N–H and O–H groups in total. The molecule has 0 bridgehead atoms. The van der Waals surface area contributed by atoms with Gasteiger partial charge in [0.1, 0.15) is 5.82 Å². The summed E-state index contributed by atoms with van der Waals surface area (Å²) in [6, 6.07) is 3.33. The molecular formula is C13H21N3O2. The third-order valence-corrected chi connectivity index (χ3v) is 2.54. The third kappa shape index (κ3) is 4.00. The molecule has 1 amide bonds. The van der Waals surface area contributed by atoms with E-state index in [2.05, 4.69) is 4.98 Å². The molecule has 5 nitrogen and oxygen atoms in total. The van der Waals surface area contributed by atoms with Crippen molar-refractivity contribution in [3.05, 3.63) is 23.4 Å². The first-order valence-corrected chi connectivity index (χ1v) is 6.14. The van der Waals surface area contributed by atoms with Gasteiger partial charge in [-0.1, -0.05) is 13.3 Å². The number of pyridine rings is 1. The molecular weight excluding hydrogens is 230 g/mol. The van der Waals surface area contributed by atoms with E-state index in [9.17, 15) is 9.90 Å². The molecule has 0 saturated carbocycles. The number of nitrogen functional groups attached to an aromatic ring is 1. The molecule has 0 radical (unpaired) electrons. The van der Waals surface area contributed by atoms with Crippen LogP contribution >= 0.6 is 0 Å². The number of amides is 1. The number of nitrogens with two attached hydrogens (primary N) is 1. The molecule has 1 aromatic rings. The lowest BCUT2D eigenvalue weighted by molar-refractivity contribution is 0.0703. The van der Waals surface area contributed by atoms with Crippen molar-refractivity contribution in [3.63, 3.8) is 0 Å². The van der Waals surface area contributed by atoms with Crippen LogP contribution in [-0.2, 0) is 6.42 Å². The van der Waals surface area contributed by atoms with Crippen LogP contribution in [0.25, 0.3) is 0 Å². The Bertz CT molecular complexity index is 419. The van der Waals surface area contributed by atoms with Gasteiger partial charge in [0, 0.05) is 24.8 Å². The zero-order valence-electron chi connectivity index (χ0n) is 11.2. The Morgan fingerprint density at radius 3 is 2.78 bits per heavy atom. The van der Waals surface area contributed by atoms with Crippen LogP contribution in [0.4, 0.5) is 5.82 Å². The van der Waals surface area contributed by atoms with Crippen molar-refractivity contribution in [1.82, 2.24) is 9.88 Å². The van der Waals surface area contributed by atoms with Gasteiger partial charge in [-0.3, -0.25) is 4.79 Å². The summed E-state index contributed by atoms with van der Waals surface area (Å²) in [5, 5.41) is 9.28. The van der Waals surface area contributed by atoms with Crippen molar-refractivity contribution in [1.29, 1.82) is 0 Å². The maximum absolute atomic E-state index is 12.1. The van der Waals surface area contributed by atoms with Gasteiger partial charge in [-0.2, -0.15) is 0 Å². The van der Waals surface area contributed by atoms with E-state index >= 15 is 0 Å². The Kier molecular flexibility index (Phi) is 5.09. The Morgan fingerprint density at radius 2 is 2.22 bits per heavy atom. The van der Waals surface area contributed by atoms with Crippen molar-refractivity contribution in [2.75, 3.05) is 19.3 Å². The molecule has 1 aromatic heterocycles. The van der Waals surface area contributed by atoms with Crippen molar-refractivity contribution in [2.45, 2.75) is 32.8 Å². The topological polar surface area (TPSA) is 79.5 Å². The second-order valence-corrected chi connectivity index (χ2v) is 4.56. The minimum absolute atomic E-state index is 0.151. The Hall–Kier alpha value is -1.62. The van der Waals surface area contributed by atoms with Gasteiger partial charge < -0.3 is 15.7 Å². The SMILES string of the molecule is CCCc1cc(C(=O)N(C)CC(C)O)cc(N)n1. The van der Waals surface area contributed by atoms with Crippen molar-refractivity contribution in [3.8, 4) is 0 Å². The number of aromatic nitrogens is 1. The van der Waals surface area contributed by atoms with Gasteiger partial charge in [0.15, 0.2) is 0 Å². The summed E-state index contributed by atoms with van der Waals surface area (Å²) in [5.41, 5.74) is 7.05. The number of anilines is 1. The van der Waals surface area contributed by atoms with Gasteiger partial charge in [0.05, 0.1) is 6.10 Å². The molecule has 1 atom stereocenters. The minimum Gasteiger partial charge on any atom is -0.392 e. The highest BCUT2D eigenvalue weighted by Gasteiger charge is 2.15. The first-order valence-electron chi connectivity index (χ1n) is 6.14. The summed E-state index contributed by atoms with van der Waals surface area (Å²) in [4.78, 5) is 17.8. The van der Waals surface area contributed by atoms with E-state index in [4.69, 9.17) is 5.73 Å². The average Bonchev–Trinajstić information content (AvgIpc) is 2.26. The minimum atomic E-state index is -0.548. The van der Waals surface area contributed by atoms with Gasteiger partial charge in [-0.25, -0.2) is 4.98 Å². The number of aliphatic hydroxyl groups excluding tert-OH is 1. The fraction of sp³-hybridized carbons (Fsp3) is 0.538. The molecule has 18 heavy (non-hydrogen) atoms. The highest BCUT2D eigenvalue weighted by Crippen LogP contribution is 2.12. The summed E-state index contributed by atoms with van der Waals surface area (Å²) in [5.74, 6) is 0.206. The Morgan fingerprint density at radius 1 is 1.56 bits per heavy atom. The first kappa shape index (κ1) is 14.4. The molecule has 0 aliphatic rings. The van der Waals surface area contributed by atoms with Crippen molar-refractivity contribution >= 4 is 11.7 Å². The number of likely N-dealkylation sites (N-methyl/N-ethyl adjacent to an activating group) is 1. The van der Waals surface area contributed by atoms with Crippen LogP contribution in [0, 0.1) is 0 Å². The fourth-order valence-electron chi connectivity index (χ4n) is 1.82. The average molecular weight is 251 g/mol. The predicted molar refractivity (Wildman–Crippen MR) is 71.3 cm³/mol. The van der Waals surface area contributed by atoms with Gasteiger partial charge >= 0.3 is 0 Å². The standard InChI is InChI=1S/C13H21N3O2/c1-4-5-11-6-10(7-12(14)15-11)13(18)16(3)8-9(2)17/h6-7,9,17H,4-5,8H2,1-3H3,(H2,14,15). The Balaban J connectivity index is 2.91. The maximum Gasteiger partial charge on any atom is 0.253 e. The van der Waals surface area contributed by atoms with E-state index in [1.807, 2.05) is 6.92 Å². The number of rotatable bonds is 5. The van der Waals surface area contributed by atoms with Crippen LogP contribution in [0.3, 0.4) is 0 Å². The number of aryl methyl sites for hydroxylation is 1. The highest BCUT2D eigenvalue weighted by atomic mass is 16.3. The number of nitrogens with zero attached hydrogens (tertiary/aromatic N) is 2. The molecule has 0 aromatic carbocycles. The molecule has 1 rings (SSSR count). The summed E-state index contributed by atoms with van der Waals surface area (Å²) in [6.07, 6.45) is 1.20. The second-order valence-electron chi connectivity index (χ2n) is 4.56. The van der Waals surface area contributed by atoms with E-state index in [-0.39, 0.29) is 5.91 Å². The fourth-order valence-corrected chi connectivity index (χ4v) is 1.82. The lowest BCUT2D eigenvalue weighted by atomic mass is 10.1. The molecule has 100 valence electrons. The lowest BCUT2D eigenvalue weighted by Crippen LogP contribution is -2.33. The van der Waals surface area contributed by atoms with Gasteiger partial charge in [-0.05, 0) is 25.5 Å². The van der Waals surface area contributed by atoms with Crippen LogP contribution in [-0.4, -0.2) is 40.6 Å². The smallest absolute Gasteiger partial charge is 0.253 e. The zero-order chi connectivity index (χ0) is 13.7. The number of aliphatic hydroxyl groups is 1. The van der Waals surface area contributed by atoms with Crippen LogP contribution < -0.4 is 5.73 Å². The number of carbonyl (C=O) groups is 1. The number of hydrogen-bond donors (Lipinski definition) is 2. The molecule has 0 saturated heterocycles. The Labute approximate surface area is 108 Å². The molecule has 1 unspecified atom stereocenters. The second kappa shape index (κ2) is 6.35. The summed E-state index contributed by atoms with van der Waals surface area (Å²) < 4.78 is 0. The lowest BCUT2D eigenvalue weighted by Gasteiger charge is -2.19. The summed E-state index contributed by atoms with van der Waals surface area (Å²) in [6.45, 7) is 3.99. The van der Waals surface area contributed by atoms with E-state index in [1.54, 1.807) is 26.1 Å². The highest BCUT2D eigenvalue weighted by molar-refractivity contribution is 5.94. The van der Waals surface area contributed by atoms with Gasteiger partial charge in [-0.15, -0.1) is 0 Å². The molecule has 0 fully saturated rings. The molecule has 0 aliphatic heterocycles. The van der Waals surface area contributed by atoms with E-state index < -0.39 is 6.10 Å². The predicted octanol–water partition coefficient (Wildman–Crippen LogP) is 1.07. The van der Waals surface area contributed by atoms with Crippen LogP contribution in [0.5, 0.6) is 0 Å². The maximum atomic E-state index is 12.1. The molecule has 0 aliphatic carbocycles. The monoisotopic (exact) mass is 251 g/mol. The number of carbonyl (C=O) groups excluding carboxylic acids is 1. The van der Waals surface area contributed by atoms with Crippen LogP contribution in [0.2, 0.25) is 0 Å². The van der Waals surface area contributed by atoms with Crippen LogP contribution in [0.1, 0.15) is 36.3 Å². The summed E-state index contributed by atoms with van der Waals surface area (Å²) >= 11 is 0. The normalized spacial score (nSPS) is 12.2. The van der Waals surface area contributed by atoms with Crippen molar-refractivity contribution in [2.24, 2.45) is 0 Å². The molecule has 5 heteroatoms. The van der Waals surface area contributed by atoms with Gasteiger partial charge in [0.25, 0.3) is 5.91 Å². The molecule has 0 spiro atoms. The number of hydrogen-bond acceptors (Lipinski definition) is 4. The summed E-state index contributed by atoms with van der Waals surface area (Å²) in [7, 11) is 1.66. The third-order valence-electron chi connectivity index (χ3n) is 2.54. The zero-order valence-corrected chi connectivity index (χ0v) is 11.2. The van der Waals surface area contributed by atoms with E-state index in [0.29, 0.717) is 17.9 Å². The van der Waals surface area contributed by atoms with Crippen LogP contribution in [0.15, 0.2) is 12.1 Å².